The van der Waals surface area contributed by atoms with E-state index in [4.69, 9.17) is 16.9 Å². The topological polar surface area (TPSA) is 23.8 Å². The molecule has 0 atom stereocenters. The van der Waals surface area contributed by atoms with E-state index in [-0.39, 0.29) is 0 Å². The summed E-state index contributed by atoms with van der Waals surface area (Å²) >= 11 is 5.78. The SMILES string of the molecule is Cc1cc(Cl)cc(CC#N)c1. The van der Waals surface area contributed by atoms with Crippen LogP contribution in [0, 0.1) is 18.3 Å². The summed E-state index contributed by atoms with van der Waals surface area (Å²) < 4.78 is 0. The highest BCUT2D eigenvalue weighted by Crippen LogP contribution is 2.14. The zero-order valence-electron chi connectivity index (χ0n) is 6.26. The smallest absolute Gasteiger partial charge is 0.0669 e. The van der Waals surface area contributed by atoms with Crippen molar-refractivity contribution in [3.8, 4) is 6.07 Å². The van der Waals surface area contributed by atoms with E-state index in [1.807, 2.05) is 25.1 Å². The van der Waals surface area contributed by atoms with Crippen molar-refractivity contribution in [1.82, 2.24) is 0 Å². The maximum absolute atomic E-state index is 8.41. The Balaban J connectivity index is 3.01. The second-order valence-corrected chi connectivity index (χ2v) is 2.91. The van der Waals surface area contributed by atoms with Gasteiger partial charge in [0.05, 0.1) is 12.5 Å². The monoisotopic (exact) mass is 165 g/mol. The molecule has 1 aromatic carbocycles. The fourth-order valence-corrected chi connectivity index (χ4v) is 1.32. The highest BCUT2D eigenvalue weighted by molar-refractivity contribution is 6.30. The number of halogens is 1. The zero-order chi connectivity index (χ0) is 8.27. The number of hydrogen-bond donors (Lipinski definition) is 0. The van der Waals surface area contributed by atoms with Crippen molar-refractivity contribution < 1.29 is 0 Å². The molecule has 1 rings (SSSR count). The van der Waals surface area contributed by atoms with E-state index in [2.05, 4.69) is 6.07 Å². The molecule has 0 bridgehead atoms. The minimum absolute atomic E-state index is 0.432. The number of nitrogens with zero attached hydrogens (tertiary/aromatic N) is 1. The van der Waals surface area contributed by atoms with E-state index >= 15 is 0 Å². The second-order valence-electron chi connectivity index (χ2n) is 2.47. The molecule has 0 radical (unpaired) electrons. The Bertz CT molecular complexity index is 279. The van der Waals surface area contributed by atoms with Crippen molar-refractivity contribution in [2.24, 2.45) is 0 Å². The molecule has 2 heteroatoms. The first-order valence-corrected chi connectivity index (χ1v) is 3.73. The second kappa shape index (κ2) is 3.41. The molecule has 0 fully saturated rings. The van der Waals surface area contributed by atoms with Gasteiger partial charge in [-0.15, -0.1) is 0 Å². The molecule has 0 aliphatic heterocycles. The Hall–Kier alpha value is -1.00. The van der Waals surface area contributed by atoms with Gasteiger partial charge in [0, 0.05) is 5.02 Å². The van der Waals surface area contributed by atoms with Gasteiger partial charge in [0.1, 0.15) is 0 Å². The first-order chi connectivity index (χ1) is 5.22. The van der Waals surface area contributed by atoms with E-state index in [0.29, 0.717) is 11.4 Å². The Kier molecular flexibility index (Phi) is 2.51. The Morgan fingerprint density at radius 3 is 2.73 bits per heavy atom. The highest BCUT2D eigenvalue weighted by atomic mass is 35.5. The number of nitriles is 1. The van der Waals surface area contributed by atoms with Crippen LogP contribution >= 0.6 is 11.6 Å². The minimum Gasteiger partial charge on any atom is -0.198 e. The quantitative estimate of drug-likeness (QED) is 0.628. The fourth-order valence-electron chi connectivity index (χ4n) is 1.01. The lowest BCUT2D eigenvalue weighted by atomic mass is 10.1. The van der Waals surface area contributed by atoms with Gasteiger partial charge in [-0.1, -0.05) is 17.7 Å². The molecule has 0 aliphatic carbocycles. The van der Waals surface area contributed by atoms with E-state index in [1.54, 1.807) is 0 Å². The van der Waals surface area contributed by atoms with Crippen LogP contribution in [-0.2, 0) is 6.42 Å². The van der Waals surface area contributed by atoms with E-state index in [1.165, 1.54) is 0 Å². The molecule has 1 aromatic rings. The van der Waals surface area contributed by atoms with Gasteiger partial charge in [0.25, 0.3) is 0 Å². The molecule has 0 aromatic heterocycles. The van der Waals surface area contributed by atoms with Crippen LogP contribution in [0.3, 0.4) is 0 Å². The molecule has 0 saturated carbocycles. The molecular weight excluding hydrogens is 158 g/mol. The Labute approximate surface area is 71.2 Å². The van der Waals surface area contributed by atoms with Gasteiger partial charge in [-0.3, -0.25) is 0 Å². The summed E-state index contributed by atoms with van der Waals surface area (Å²) in [6.45, 7) is 1.97. The molecule has 0 amide bonds. The van der Waals surface area contributed by atoms with Gasteiger partial charge in [0.15, 0.2) is 0 Å². The van der Waals surface area contributed by atoms with Gasteiger partial charge in [-0.05, 0) is 30.2 Å². The summed E-state index contributed by atoms with van der Waals surface area (Å²) in [4.78, 5) is 0. The summed E-state index contributed by atoms with van der Waals surface area (Å²) in [6.07, 6.45) is 0.432. The molecule has 0 heterocycles. The predicted octanol–water partition coefficient (Wildman–Crippen LogP) is 2.71. The molecule has 0 unspecified atom stereocenters. The van der Waals surface area contributed by atoms with Crippen LogP contribution in [0.4, 0.5) is 0 Å². The van der Waals surface area contributed by atoms with Gasteiger partial charge >= 0.3 is 0 Å². The van der Waals surface area contributed by atoms with E-state index in [9.17, 15) is 0 Å². The van der Waals surface area contributed by atoms with Crippen LogP contribution < -0.4 is 0 Å². The maximum atomic E-state index is 8.41. The van der Waals surface area contributed by atoms with Gasteiger partial charge in [0.2, 0.25) is 0 Å². The van der Waals surface area contributed by atoms with Crippen LogP contribution in [-0.4, -0.2) is 0 Å². The van der Waals surface area contributed by atoms with Gasteiger partial charge < -0.3 is 0 Å². The molecule has 0 aliphatic rings. The zero-order valence-corrected chi connectivity index (χ0v) is 7.02. The van der Waals surface area contributed by atoms with Crippen molar-refractivity contribution in [2.75, 3.05) is 0 Å². The fraction of sp³-hybridized carbons (Fsp3) is 0.222. The highest BCUT2D eigenvalue weighted by Gasteiger charge is 1.94. The Morgan fingerprint density at radius 1 is 1.45 bits per heavy atom. The largest absolute Gasteiger partial charge is 0.198 e. The molecule has 0 spiro atoms. The Morgan fingerprint density at radius 2 is 2.18 bits per heavy atom. The lowest BCUT2D eigenvalue weighted by Crippen LogP contribution is -1.82. The molecular formula is C9H8ClN. The number of rotatable bonds is 1. The average Bonchev–Trinajstić information content (AvgIpc) is 1.85. The molecule has 0 saturated heterocycles. The first kappa shape index (κ1) is 8.10. The van der Waals surface area contributed by atoms with Crippen LogP contribution in [0.25, 0.3) is 0 Å². The van der Waals surface area contributed by atoms with Crippen LogP contribution in [0.15, 0.2) is 18.2 Å². The lowest BCUT2D eigenvalue weighted by Gasteiger charge is -1.97. The lowest BCUT2D eigenvalue weighted by molar-refractivity contribution is 1.24. The molecule has 56 valence electrons. The van der Waals surface area contributed by atoms with Crippen molar-refractivity contribution in [3.05, 3.63) is 34.3 Å². The van der Waals surface area contributed by atoms with Crippen LogP contribution in [0.1, 0.15) is 11.1 Å². The first-order valence-electron chi connectivity index (χ1n) is 3.35. The van der Waals surface area contributed by atoms with Crippen LogP contribution in [0.5, 0.6) is 0 Å². The average molecular weight is 166 g/mol. The third-order valence-corrected chi connectivity index (χ3v) is 1.60. The van der Waals surface area contributed by atoms with Crippen molar-refractivity contribution >= 4 is 11.6 Å². The van der Waals surface area contributed by atoms with E-state index in [0.717, 1.165) is 11.1 Å². The summed E-state index contributed by atoms with van der Waals surface area (Å²) in [5, 5.41) is 9.11. The predicted molar refractivity (Wildman–Crippen MR) is 45.5 cm³/mol. The van der Waals surface area contributed by atoms with Gasteiger partial charge in [-0.2, -0.15) is 5.26 Å². The number of aryl methyl sites for hydroxylation is 1. The van der Waals surface area contributed by atoms with Crippen LogP contribution in [0.2, 0.25) is 5.02 Å². The maximum Gasteiger partial charge on any atom is 0.0669 e. The third kappa shape index (κ3) is 2.25. The van der Waals surface area contributed by atoms with Crippen molar-refractivity contribution in [3.63, 3.8) is 0 Å². The summed E-state index contributed by atoms with van der Waals surface area (Å²) in [5.41, 5.74) is 2.08. The van der Waals surface area contributed by atoms with Crippen molar-refractivity contribution in [2.45, 2.75) is 13.3 Å². The standard InChI is InChI=1S/C9H8ClN/c1-7-4-8(2-3-11)6-9(10)5-7/h4-6H,2H2,1H3. The summed E-state index contributed by atoms with van der Waals surface area (Å²) in [6, 6.07) is 7.74. The van der Waals surface area contributed by atoms with E-state index < -0.39 is 0 Å². The number of benzene rings is 1. The minimum atomic E-state index is 0.432. The molecule has 11 heavy (non-hydrogen) atoms. The summed E-state index contributed by atoms with van der Waals surface area (Å²) in [5.74, 6) is 0. The summed E-state index contributed by atoms with van der Waals surface area (Å²) in [7, 11) is 0. The normalized spacial score (nSPS) is 9.18. The van der Waals surface area contributed by atoms with Gasteiger partial charge in [-0.25, -0.2) is 0 Å². The number of hydrogen-bond acceptors (Lipinski definition) is 1. The third-order valence-electron chi connectivity index (χ3n) is 1.39. The molecule has 1 nitrogen and oxygen atoms in total. The van der Waals surface area contributed by atoms with Crippen molar-refractivity contribution in [1.29, 1.82) is 5.26 Å². The molecule has 0 N–H and O–H groups in total.